The molecule has 2 aliphatic heterocycles. The first kappa shape index (κ1) is 21.9. The van der Waals surface area contributed by atoms with Crippen molar-refractivity contribution >= 4 is 21.4 Å². The van der Waals surface area contributed by atoms with E-state index in [-0.39, 0.29) is 28.6 Å². The molecule has 1 N–H and O–H groups in total. The van der Waals surface area contributed by atoms with Crippen molar-refractivity contribution in [2.24, 2.45) is 11.3 Å². The number of likely N-dealkylation sites (tertiary alicyclic amines) is 1. The third kappa shape index (κ3) is 2.43. The lowest BCUT2D eigenvalue weighted by molar-refractivity contribution is -0.282. The number of piperidine rings is 1. The maximum Gasteiger partial charge on any atom is 0.165 e. The summed E-state index contributed by atoms with van der Waals surface area (Å²) < 4.78 is 21.2. The summed E-state index contributed by atoms with van der Waals surface area (Å²) in [6, 6.07) is 15.3. The van der Waals surface area contributed by atoms with E-state index < -0.39 is 5.60 Å². The highest BCUT2D eigenvalue weighted by Crippen LogP contribution is 2.76. The second-order valence-electron chi connectivity index (χ2n) is 11.8. The predicted molar refractivity (Wildman–Crippen MR) is 140 cm³/mol. The first-order chi connectivity index (χ1) is 17.5. The van der Waals surface area contributed by atoms with E-state index in [1.165, 1.54) is 26.1 Å². The minimum Gasteiger partial charge on any atom is -0.504 e. The number of fused-ring (bicyclic) bond motifs is 3. The van der Waals surface area contributed by atoms with Gasteiger partial charge in [0, 0.05) is 45.0 Å². The molecule has 3 heterocycles. The number of aromatic hydroxyl groups is 1. The molecule has 6 unspecified atom stereocenters. The topological polar surface area (TPSA) is 51.2 Å². The van der Waals surface area contributed by atoms with E-state index in [1.807, 2.05) is 24.5 Å². The number of ether oxygens (including phenoxy) is 3. The van der Waals surface area contributed by atoms with E-state index in [0.717, 1.165) is 44.4 Å². The molecule has 188 valence electrons. The number of nitrogens with zero attached hydrogens (tertiary/aromatic N) is 1. The Morgan fingerprint density at radius 3 is 2.92 bits per heavy atom. The van der Waals surface area contributed by atoms with Crippen molar-refractivity contribution in [3.63, 3.8) is 0 Å². The molecule has 4 aliphatic carbocycles. The lowest BCUT2D eigenvalue weighted by Crippen LogP contribution is -2.81. The summed E-state index contributed by atoms with van der Waals surface area (Å²) in [6.45, 7) is 2.37. The van der Waals surface area contributed by atoms with Gasteiger partial charge in [0.15, 0.2) is 11.5 Å². The summed E-state index contributed by atoms with van der Waals surface area (Å²) in [5, 5.41) is 12.2. The number of hydrogen-bond acceptors (Lipinski definition) is 6. The van der Waals surface area contributed by atoms with Crippen molar-refractivity contribution in [2.75, 3.05) is 27.3 Å². The van der Waals surface area contributed by atoms with Crippen LogP contribution in [0.1, 0.15) is 41.7 Å². The molecular formula is C30H33NO4S. The summed E-state index contributed by atoms with van der Waals surface area (Å²) in [5.74, 6) is 1.28. The van der Waals surface area contributed by atoms with Gasteiger partial charge in [0.2, 0.25) is 0 Å². The van der Waals surface area contributed by atoms with E-state index in [9.17, 15) is 5.11 Å². The van der Waals surface area contributed by atoms with Gasteiger partial charge >= 0.3 is 0 Å². The van der Waals surface area contributed by atoms with E-state index >= 15 is 0 Å². The average molecular weight is 504 g/mol. The van der Waals surface area contributed by atoms with E-state index in [2.05, 4.69) is 48.3 Å². The van der Waals surface area contributed by atoms with Crippen LogP contribution in [-0.2, 0) is 27.9 Å². The highest BCUT2D eigenvalue weighted by Gasteiger charge is 2.80. The van der Waals surface area contributed by atoms with Gasteiger partial charge < -0.3 is 24.2 Å². The van der Waals surface area contributed by atoms with Gasteiger partial charge in [-0.05, 0) is 74.8 Å². The Bertz CT molecular complexity index is 1350. The molecule has 0 amide bonds. The van der Waals surface area contributed by atoms with Gasteiger partial charge in [-0.25, -0.2) is 0 Å². The first-order valence-electron chi connectivity index (χ1n) is 13.3. The zero-order valence-electron chi connectivity index (χ0n) is 21.0. The minimum atomic E-state index is -0.400. The molecular weight excluding hydrogens is 470 g/mol. The average Bonchev–Trinajstić information content (AvgIpc) is 3.47. The maximum absolute atomic E-state index is 10.9. The Kier molecular flexibility index (Phi) is 4.42. The Labute approximate surface area is 216 Å². The van der Waals surface area contributed by atoms with Gasteiger partial charge in [0.1, 0.15) is 11.7 Å². The lowest BCUT2D eigenvalue weighted by atomic mass is 9.35. The van der Waals surface area contributed by atoms with Crippen LogP contribution >= 0.6 is 11.3 Å². The monoisotopic (exact) mass is 503 g/mol. The van der Waals surface area contributed by atoms with Crippen LogP contribution in [0.25, 0.3) is 10.1 Å². The Hall–Kier alpha value is -2.12. The SMILES string of the molecule is COC12CCC3(CC1COCc1cc4ccccc4s1)C1Cc4ccc(O)c5c4C3(CCN1C)C2O5. The van der Waals surface area contributed by atoms with Gasteiger partial charge in [-0.15, -0.1) is 11.3 Å². The molecule has 2 spiro atoms. The van der Waals surface area contributed by atoms with Crippen molar-refractivity contribution in [2.45, 2.75) is 61.9 Å². The number of rotatable bonds is 5. The maximum atomic E-state index is 10.9. The van der Waals surface area contributed by atoms with Crippen molar-refractivity contribution < 1.29 is 19.3 Å². The van der Waals surface area contributed by atoms with Crippen LogP contribution in [0, 0.1) is 11.3 Å². The van der Waals surface area contributed by atoms with E-state index in [1.54, 1.807) is 0 Å². The highest BCUT2D eigenvalue weighted by atomic mass is 32.1. The standard InChI is InChI=1S/C30H33NO4S/c1-31-12-11-29-25-19-7-8-22(32)26(25)35-27(29)30(33-2)10-9-28(29,24(31)14-19)15-20(30)16-34-17-21-13-18-5-3-4-6-23(18)36-21/h3-8,13,20,24,27,32H,9-12,14-17H2,1-2H3. The normalized spacial score (nSPS) is 37.8. The molecule has 2 aromatic carbocycles. The number of hydrogen-bond donors (Lipinski definition) is 1. The summed E-state index contributed by atoms with van der Waals surface area (Å²) >= 11 is 1.82. The molecule has 4 fully saturated rings. The fourth-order valence-corrected chi connectivity index (χ4v) is 10.4. The van der Waals surface area contributed by atoms with Crippen LogP contribution in [0.5, 0.6) is 11.5 Å². The summed E-state index contributed by atoms with van der Waals surface area (Å²) in [6.07, 6.45) is 5.25. The number of likely N-dealkylation sites (N-methyl/N-ethyl adjacent to an activating group) is 1. The van der Waals surface area contributed by atoms with Gasteiger partial charge in [-0.2, -0.15) is 0 Å². The van der Waals surface area contributed by atoms with Crippen molar-refractivity contribution in [3.8, 4) is 11.5 Å². The number of benzene rings is 2. The fourth-order valence-electron chi connectivity index (χ4n) is 9.44. The molecule has 5 nitrogen and oxygen atoms in total. The van der Waals surface area contributed by atoms with Gasteiger partial charge in [0.05, 0.1) is 13.2 Å². The predicted octanol–water partition coefficient (Wildman–Crippen LogP) is 5.27. The van der Waals surface area contributed by atoms with Crippen LogP contribution in [0.15, 0.2) is 42.5 Å². The number of phenolic OH excluding ortho intramolecular Hbond substituents is 1. The molecule has 1 aromatic heterocycles. The molecule has 0 radical (unpaired) electrons. The molecule has 6 aliphatic rings. The quantitative estimate of drug-likeness (QED) is 0.514. The molecule has 36 heavy (non-hydrogen) atoms. The van der Waals surface area contributed by atoms with Crippen LogP contribution < -0.4 is 4.74 Å². The number of methoxy groups -OCH3 is 1. The molecule has 3 aromatic rings. The van der Waals surface area contributed by atoms with Crippen molar-refractivity contribution in [1.82, 2.24) is 4.90 Å². The van der Waals surface area contributed by atoms with Crippen LogP contribution in [0.2, 0.25) is 0 Å². The largest absolute Gasteiger partial charge is 0.504 e. The van der Waals surface area contributed by atoms with Crippen LogP contribution in [0.3, 0.4) is 0 Å². The molecule has 9 rings (SSSR count). The molecule has 6 atom stereocenters. The van der Waals surface area contributed by atoms with Crippen molar-refractivity contribution in [1.29, 1.82) is 0 Å². The third-order valence-electron chi connectivity index (χ3n) is 10.8. The fraction of sp³-hybridized carbons (Fsp3) is 0.533. The Morgan fingerprint density at radius 2 is 2.06 bits per heavy atom. The van der Waals surface area contributed by atoms with Gasteiger partial charge in [-0.3, -0.25) is 0 Å². The Balaban J connectivity index is 1.18. The van der Waals surface area contributed by atoms with Gasteiger partial charge in [-0.1, -0.05) is 24.3 Å². The molecule has 3 saturated carbocycles. The molecule has 6 heteroatoms. The second-order valence-corrected chi connectivity index (χ2v) is 13.0. The van der Waals surface area contributed by atoms with Crippen LogP contribution in [0.4, 0.5) is 0 Å². The van der Waals surface area contributed by atoms with Gasteiger partial charge in [0.25, 0.3) is 0 Å². The highest BCUT2D eigenvalue weighted by molar-refractivity contribution is 7.19. The smallest absolute Gasteiger partial charge is 0.165 e. The third-order valence-corrected chi connectivity index (χ3v) is 11.9. The minimum absolute atomic E-state index is 0.0750. The summed E-state index contributed by atoms with van der Waals surface area (Å²) in [4.78, 5) is 3.88. The van der Waals surface area contributed by atoms with E-state index in [0.29, 0.717) is 19.3 Å². The Morgan fingerprint density at radius 1 is 1.17 bits per heavy atom. The van der Waals surface area contributed by atoms with Crippen molar-refractivity contribution in [3.05, 3.63) is 58.5 Å². The molecule has 4 bridgehead atoms. The second kappa shape index (κ2) is 7.25. The summed E-state index contributed by atoms with van der Waals surface area (Å²) in [5.41, 5.74) is 2.32. The lowest BCUT2D eigenvalue weighted by Gasteiger charge is -2.73. The zero-order valence-corrected chi connectivity index (χ0v) is 21.8. The molecule has 1 saturated heterocycles. The van der Waals surface area contributed by atoms with Crippen LogP contribution in [-0.4, -0.2) is 55.1 Å². The summed E-state index contributed by atoms with van der Waals surface area (Å²) in [7, 11) is 4.18. The number of phenols is 1. The zero-order chi connectivity index (χ0) is 24.3. The number of thiophene rings is 1. The van der Waals surface area contributed by atoms with E-state index in [4.69, 9.17) is 14.2 Å². The first-order valence-corrected chi connectivity index (χ1v) is 14.2.